The van der Waals surface area contributed by atoms with Crippen LogP contribution in [0.2, 0.25) is 0 Å². The Morgan fingerprint density at radius 3 is 2.65 bits per heavy atom. The SMILES string of the molecule is Cc1ccccc1CNC(=O)NCCc1ccc(C(=O)NO)s1. The van der Waals surface area contributed by atoms with Crippen LogP contribution in [-0.4, -0.2) is 23.7 Å². The monoisotopic (exact) mass is 333 g/mol. The van der Waals surface area contributed by atoms with E-state index in [1.54, 1.807) is 11.5 Å². The van der Waals surface area contributed by atoms with Gasteiger partial charge in [0.05, 0.1) is 4.88 Å². The number of hydrogen-bond acceptors (Lipinski definition) is 4. The summed E-state index contributed by atoms with van der Waals surface area (Å²) >= 11 is 1.29. The molecule has 0 unspecified atom stereocenters. The zero-order valence-corrected chi connectivity index (χ0v) is 13.6. The van der Waals surface area contributed by atoms with Crippen LogP contribution in [0, 0.1) is 6.92 Å². The van der Waals surface area contributed by atoms with Crippen LogP contribution in [0.15, 0.2) is 36.4 Å². The predicted molar refractivity (Wildman–Crippen MR) is 88.7 cm³/mol. The highest BCUT2D eigenvalue weighted by Gasteiger charge is 2.08. The zero-order chi connectivity index (χ0) is 16.7. The Morgan fingerprint density at radius 1 is 1.13 bits per heavy atom. The van der Waals surface area contributed by atoms with Crippen LogP contribution in [0.25, 0.3) is 0 Å². The van der Waals surface area contributed by atoms with Gasteiger partial charge in [-0.15, -0.1) is 11.3 Å². The van der Waals surface area contributed by atoms with Crippen LogP contribution in [0.1, 0.15) is 25.7 Å². The van der Waals surface area contributed by atoms with Crippen molar-refractivity contribution in [2.75, 3.05) is 6.54 Å². The number of hydroxylamine groups is 1. The van der Waals surface area contributed by atoms with Crippen molar-refractivity contribution in [2.45, 2.75) is 19.9 Å². The number of carbonyl (C=O) groups excluding carboxylic acids is 2. The fraction of sp³-hybridized carbons (Fsp3) is 0.250. The molecule has 2 aromatic rings. The van der Waals surface area contributed by atoms with Crippen molar-refractivity contribution in [1.29, 1.82) is 0 Å². The molecule has 6 nitrogen and oxygen atoms in total. The van der Waals surface area contributed by atoms with Gasteiger partial charge in [0.1, 0.15) is 0 Å². The largest absolute Gasteiger partial charge is 0.338 e. The second kappa shape index (κ2) is 8.30. The van der Waals surface area contributed by atoms with Crippen LogP contribution in [0.5, 0.6) is 0 Å². The Balaban J connectivity index is 1.71. The molecule has 0 radical (unpaired) electrons. The lowest BCUT2D eigenvalue weighted by atomic mass is 10.1. The molecule has 0 aliphatic carbocycles. The Hall–Kier alpha value is -2.38. The fourth-order valence-electron chi connectivity index (χ4n) is 2.04. The van der Waals surface area contributed by atoms with Crippen LogP contribution < -0.4 is 16.1 Å². The summed E-state index contributed by atoms with van der Waals surface area (Å²) in [7, 11) is 0. The molecule has 7 heteroatoms. The van der Waals surface area contributed by atoms with Gasteiger partial charge >= 0.3 is 6.03 Å². The van der Waals surface area contributed by atoms with Gasteiger partial charge in [-0.2, -0.15) is 0 Å². The smallest absolute Gasteiger partial charge is 0.315 e. The van der Waals surface area contributed by atoms with Crippen molar-refractivity contribution < 1.29 is 14.8 Å². The summed E-state index contributed by atoms with van der Waals surface area (Å²) in [5.74, 6) is -0.523. The van der Waals surface area contributed by atoms with Crippen molar-refractivity contribution in [1.82, 2.24) is 16.1 Å². The maximum absolute atomic E-state index is 11.8. The highest BCUT2D eigenvalue weighted by atomic mass is 32.1. The number of carbonyl (C=O) groups is 2. The number of benzene rings is 1. The second-order valence-electron chi connectivity index (χ2n) is 4.99. The van der Waals surface area contributed by atoms with E-state index < -0.39 is 5.91 Å². The molecule has 23 heavy (non-hydrogen) atoms. The Labute approximate surface area is 138 Å². The average Bonchev–Trinajstić information content (AvgIpc) is 3.02. The van der Waals surface area contributed by atoms with E-state index in [1.165, 1.54) is 11.3 Å². The summed E-state index contributed by atoms with van der Waals surface area (Å²) < 4.78 is 0. The number of urea groups is 1. The summed E-state index contributed by atoms with van der Waals surface area (Å²) in [6.45, 7) is 2.96. The third-order valence-corrected chi connectivity index (χ3v) is 4.49. The number of hydrogen-bond donors (Lipinski definition) is 4. The van der Waals surface area contributed by atoms with E-state index in [1.807, 2.05) is 37.3 Å². The molecule has 1 heterocycles. The molecule has 0 saturated heterocycles. The lowest BCUT2D eigenvalue weighted by molar-refractivity contribution is 0.0711. The van der Waals surface area contributed by atoms with Gasteiger partial charge < -0.3 is 10.6 Å². The van der Waals surface area contributed by atoms with E-state index in [2.05, 4.69) is 10.6 Å². The summed E-state index contributed by atoms with van der Waals surface area (Å²) in [6.07, 6.45) is 0.626. The van der Waals surface area contributed by atoms with Gasteiger partial charge in [0, 0.05) is 18.0 Å². The molecule has 0 bridgehead atoms. The summed E-state index contributed by atoms with van der Waals surface area (Å²) in [5.41, 5.74) is 3.82. The van der Waals surface area contributed by atoms with Gasteiger partial charge in [-0.05, 0) is 36.6 Å². The highest BCUT2D eigenvalue weighted by molar-refractivity contribution is 7.14. The Kier molecular flexibility index (Phi) is 6.13. The summed E-state index contributed by atoms with van der Waals surface area (Å²) in [6, 6.07) is 11.1. The first-order valence-corrected chi connectivity index (χ1v) is 8.01. The van der Waals surface area contributed by atoms with Crippen LogP contribution in [0.3, 0.4) is 0 Å². The molecule has 0 spiro atoms. The fourth-order valence-corrected chi connectivity index (χ4v) is 2.93. The Morgan fingerprint density at radius 2 is 1.91 bits per heavy atom. The first-order valence-electron chi connectivity index (χ1n) is 7.19. The lowest BCUT2D eigenvalue weighted by Crippen LogP contribution is -2.36. The van der Waals surface area contributed by atoms with Gasteiger partial charge in [0.2, 0.25) is 0 Å². The molecule has 4 N–H and O–H groups in total. The van der Waals surface area contributed by atoms with Gasteiger partial charge in [0.15, 0.2) is 0 Å². The number of thiophene rings is 1. The second-order valence-corrected chi connectivity index (χ2v) is 6.16. The van der Waals surface area contributed by atoms with Crippen LogP contribution in [-0.2, 0) is 13.0 Å². The van der Waals surface area contributed by atoms with Crippen LogP contribution >= 0.6 is 11.3 Å². The molecule has 2 rings (SSSR count). The molecule has 1 aromatic heterocycles. The van der Waals surface area contributed by atoms with E-state index in [-0.39, 0.29) is 6.03 Å². The van der Waals surface area contributed by atoms with Crippen LogP contribution in [0.4, 0.5) is 4.79 Å². The van der Waals surface area contributed by atoms with Crippen molar-refractivity contribution >= 4 is 23.3 Å². The third-order valence-electron chi connectivity index (χ3n) is 3.34. The zero-order valence-electron chi connectivity index (χ0n) is 12.8. The van der Waals surface area contributed by atoms with Crippen molar-refractivity contribution in [3.63, 3.8) is 0 Å². The quantitative estimate of drug-likeness (QED) is 0.482. The van der Waals surface area contributed by atoms with Gasteiger partial charge in [0.25, 0.3) is 5.91 Å². The van der Waals surface area contributed by atoms with E-state index in [0.29, 0.717) is 24.4 Å². The first-order chi connectivity index (χ1) is 11.1. The molecule has 3 amide bonds. The van der Waals surface area contributed by atoms with E-state index in [9.17, 15) is 9.59 Å². The normalized spacial score (nSPS) is 10.2. The maximum atomic E-state index is 11.8. The van der Waals surface area contributed by atoms with Crippen molar-refractivity contribution in [3.8, 4) is 0 Å². The van der Waals surface area contributed by atoms with Crippen molar-refractivity contribution in [3.05, 3.63) is 57.3 Å². The first kappa shape index (κ1) is 17.0. The minimum Gasteiger partial charge on any atom is -0.338 e. The molecular weight excluding hydrogens is 314 g/mol. The molecule has 122 valence electrons. The van der Waals surface area contributed by atoms with Gasteiger partial charge in [-0.1, -0.05) is 24.3 Å². The number of amides is 3. The lowest BCUT2D eigenvalue weighted by Gasteiger charge is -2.09. The van der Waals surface area contributed by atoms with Crippen molar-refractivity contribution in [2.24, 2.45) is 0 Å². The molecule has 0 saturated carbocycles. The third kappa shape index (κ3) is 5.08. The number of nitrogens with one attached hydrogen (secondary N) is 3. The Bertz CT molecular complexity index is 685. The van der Waals surface area contributed by atoms with Gasteiger partial charge in [-0.3, -0.25) is 10.0 Å². The number of rotatable bonds is 6. The minimum absolute atomic E-state index is 0.224. The standard InChI is InChI=1S/C16H19N3O3S/c1-11-4-2-3-5-12(11)10-18-16(21)17-9-8-13-6-7-14(23-13)15(20)19-22/h2-7,22H,8-10H2,1H3,(H,19,20)(H2,17,18,21). The molecule has 0 atom stereocenters. The minimum atomic E-state index is -0.523. The van der Waals surface area contributed by atoms with Gasteiger partial charge in [-0.25, -0.2) is 10.3 Å². The summed E-state index contributed by atoms with van der Waals surface area (Å²) in [4.78, 5) is 24.4. The predicted octanol–water partition coefficient (Wildman–Crippen LogP) is 2.22. The molecule has 0 fully saturated rings. The molecular formula is C16H19N3O3S. The average molecular weight is 333 g/mol. The molecule has 0 aliphatic rings. The van der Waals surface area contributed by atoms with E-state index in [0.717, 1.165) is 16.0 Å². The maximum Gasteiger partial charge on any atom is 0.315 e. The van der Waals surface area contributed by atoms with E-state index >= 15 is 0 Å². The topological polar surface area (TPSA) is 90.5 Å². The highest BCUT2D eigenvalue weighted by Crippen LogP contribution is 2.16. The number of aryl methyl sites for hydroxylation is 1. The summed E-state index contributed by atoms with van der Waals surface area (Å²) in [5, 5.41) is 14.2. The molecule has 1 aromatic carbocycles. The van der Waals surface area contributed by atoms with E-state index in [4.69, 9.17) is 5.21 Å². The molecule has 0 aliphatic heterocycles.